The van der Waals surface area contributed by atoms with Gasteiger partial charge in [0, 0.05) is 32.4 Å². The summed E-state index contributed by atoms with van der Waals surface area (Å²) in [7, 11) is 0. The number of aromatic nitrogens is 3. The van der Waals surface area contributed by atoms with Crippen LogP contribution in [0.2, 0.25) is 0 Å². The third kappa shape index (κ3) is 3.23. The number of aryl methyl sites for hydroxylation is 1. The van der Waals surface area contributed by atoms with Gasteiger partial charge in [0.15, 0.2) is 5.82 Å². The lowest BCUT2D eigenvalue weighted by atomic mass is 10.1. The average Bonchev–Trinajstić information content (AvgIpc) is 3.31. The molecule has 0 aromatic carbocycles. The van der Waals surface area contributed by atoms with E-state index in [0.717, 1.165) is 38.2 Å². The molecule has 2 aromatic rings. The summed E-state index contributed by atoms with van der Waals surface area (Å²) < 4.78 is 5.28. The Kier molecular flexibility index (Phi) is 4.38. The molecule has 1 atom stereocenters. The van der Waals surface area contributed by atoms with Crippen LogP contribution in [0.25, 0.3) is 0 Å². The number of pyridine rings is 1. The van der Waals surface area contributed by atoms with Gasteiger partial charge >= 0.3 is 0 Å². The average molecular weight is 341 g/mol. The number of amides is 1. The third-order valence-electron chi connectivity index (χ3n) is 5.04. The lowest BCUT2D eigenvalue weighted by molar-refractivity contribution is 0.0789. The van der Waals surface area contributed by atoms with E-state index in [2.05, 4.69) is 20.0 Å². The SMILES string of the molecule is Cc1noc([C@@H]2CCN(C(=O)c3cccnc3N3CCCCC3)C2)n1. The van der Waals surface area contributed by atoms with Crippen LogP contribution in [0.5, 0.6) is 0 Å². The predicted molar refractivity (Wildman–Crippen MR) is 92.6 cm³/mol. The van der Waals surface area contributed by atoms with Crippen LogP contribution in [-0.4, -0.2) is 52.1 Å². The summed E-state index contributed by atoms with van der Waals surface area (Å²) in [4.78, 5) is 26.0. The van der Waals surface area contributed by atoms with Crippen molar-refractivity contribution in [1.29, 1.82) is 0 Å². The van der Waals surface area contributed by atoms with E-state index in [0.29, 0.717) is 30.4 Å². The maximum Gasteiger partial charge on any atom is 0.257 e. The molecule has 0 spiro atoms. The van der Waals surface area contributed by atoms with Gasteiger partial charge in [0.2, 0.25) is 5.89 Å². The first kappa shape index (κ1) is 16.1. The van der Waals surface area contributed by atoms with Crippen LogP contribution in [0.15, 0.2) is 22.9 Å². The Morgan fingerprint density at radius 1 is 1.24 bits per heavy atom. The normalized spacial score (nSPS) is 20.9. The van der Waals surface area contributed by atoms with Gasteiger partial charge in [0.05, 0.1) is 11.5 Å². The zero-order valence-electron chi connectivity index (χ0n) is 14.5. The molecule has 0 saturated carbocycles. The molecular formula is C18H23N5O2. The molecule has 0 bridgehead atoms. The second kappa shape index (κ2) is 6.82. The molecule has 132 valence electrons. The fourth-order valence-electron chi connectivity index (χ4n) is 3.72. The zero-order chi connectivity index (χ0) is 17.2. The molecule has 2 fully saturated rings. The third-order valence-corrected chi connectivity index (χ3v) is 5.04. The number of likely N-dealkylation sites (tertiary alicyclic amines) is 1. The molecule has 25 heavy (non-hydrogen) atoms. The van der Waals surface area contributed by atoms with E-state index in [1.54, 1.807) is 6.20 Å². The lowest BCUT2D eigenvalue weighted by Crippen LogP contribution is -2.34. The van der Waals surface area contributed by atoms with E-state index >= 15 is 0 Å². The highest BCUT2D eigenvalue weighted by Gasteiger charge is 2.33. The first-order valence-corrected chi connectivity index (χ1v) is 9.02. The summed E-state index contributed by atoms with van der Waals surface area (Å²) in [6.45, 7) is 5.09. The number of piperidine rings is 1. The van der Waals surface area contributed by atoms with Gasteiger partial charge < -0.3 is 14.3 Å². The van der Waals surface area contributed by atoms with Crippen molar-refractivity contribution in [3.05, 3.63) is 35.6 Å². The molecule has 7 nitrogen and oxygen atoms in total. The lowest BCUT2D eigenvalue weighted by Gasteiger charge is -2.29. The number of carbonyl (C=O) groups excluding carboxylic acids is 1. The monoisotopic (exact) mass is 341 g/mol. The van der Waals surface area contributed by atoms with E-state index in [1.807, 2.05) is 24.0 Å². The second-order valence-electron chi connectivity index (χ2n) is 6.84. The highest BCUT2D eigenvalue weighted by molar-refractivity contribution is 5.99. The smallest absolute Gasteiger partial charge is 0.257 e. The van der Waals surface area contributed by atoms with Crippen LogP contribution in [0.3, 0.4) is 0 Å². The van der Waals surface area contributed by atoms with Gasteiger partial charge in [-0.3, -0.25) is 4.79 Å². The minimum Gasteiger partial charge on any atom is -0.356 e. The van der Waals surface area contributed by atoms with E-state index < -0.39 is 0 Å². The van der Waals surface area contributed by atoms with Gasteiger partial charge in [-0.2, -0.15) is 4.98 Å². The molecule has 2 aliphatic heterocycles. The summed E-state index contributed by atoms with van der Waals surface area (Å²) in [6.07, 6.45) is 6.20. The maximum atomic E-state index is 13.1. The predicted octanol–water partition coefficient (Wildman–Crippen LogP) is 2.39. The van der Waals surface area contributed by atoms with Crippen molar-refractivity contribution in [2.45, 2.75) is 38.5 Å². The van der Waals surface area contributed by atoms with Crippen LogP contribution in [0.1, 0.15) is 53.7 Å². The topological polar surface area (TPSA) is 75.4 Å². The van der Waals surface area contributed by atoms with Gasteiger partial charge in [-0.05, 0) is 44.7 Å². The van der Waals surface area contributed by atoms with Gasteiger partial charge in [-0.25, -0.2) is 4.98 Å². The minimum atomic E-state index is 0.0485. The standard InChI is InChI=1S/C18H23N5O2/c1-13-20-17(25-21-13)14-7-11-23(12-14)18(24)15-6-5-8-19-16(15)22-9-3-2-4-10-22/h5-6,8,14H,2-4,7,9-12H2,1H3/t14-/m1/s1. The van der Waals surface area contributed by atoms with Crippen molar-refractivity contribution >= 4 is 11.7 Å². The zero-order valence-corrected chi connectivity index (χ0v) is 14.5. The molecule has 2 saturated heterocycles. The van der Waals surface area contributed by atoms with Crippen LogP contribution < -0.4 is 4.90 Å². The Bertz CT molecular complexity index is 753. The van der Waals surface area contributed by atoms with E-state index in [9.17, 15) is 4.79 Å². The Morgan fingerprint density at radius 3 is 2.84 bits per heavy atom. The fourth-order valence-corrected chi connectivity index (χ4v) is 3.72. The summed E-state index contributed by atoms with van der Waals surface area (Å²) >= 11 is 0. The molecule has 1 amide bonds. The molecule has 0 aliphatic carbocycles. The Hall–Kier alpha value is -2.44. The Morgan fingerprint density at radius 2 is 2.08 bits per heavy atom. The van der Waals surface area contributed by atoms with Crippen LogP contribution in [0.4, 0.5) is 5.82 Å². The summed E-state index contributed by atoms with van der Waals surface area (Å²) in [5.41, 5.74) is 0.701. The summed E-state index contributed by atoms with van der Waals surface area (Å²) in [5.74, 6) is 2.27. The first-order valence-electron chi connectivity index (χ1n) is 9.02. The highest BCUT2D eigenvalue weighted by atomic mass is 16.5. The maximum absolute atomic E-state index is 13.1. The van der Waals surface area contributed by atoms with Crippen LogP contribution in [0, 0.1) is 6.92 Å². The Balaban J connectivity index is 1.51. The van der Waals surface area contributed by atoms with Crippen molar-refractivity contribution < 1.29 is 9.32 Å². The van der Waals surface area contributed by atoms with Crippen molar-refractivity contribution in [3.8, 4) is 0 Å². The largest absolute Gasteiger partial charge is 0.356 e. The molecule has 2 aliphatic rings. The Labute approximate surface area is 147 Å². The molecule has 7 heteroatoms. The molecule has 0 N–H and O–H groups in total. The van der Waals surface area contributed by atoms with Crippen molar-refractivity contribution in [2.75, 3.05) is 31.1 Å². The van der Waals surface area contributed by atoms with Gasteiger partial charge in [-0.1, -0.05) is 5.16 Å². The number of hydrogen-bond acceptors (Lipinski definition) is 6. The van der Waals surface area contributed by atoms with E-state index in [1.165, 1.54) is 6.42 Å². The summed E-state index contributed by atoms with van der Waals surface area (Å²) in [5, 5.41) is 3.86. The summed E-state index contributed by atoms with van der Waals surface area (Å²) in [6, 6.07) is 3.74. The number of anilines is 1. The quantitative estimate of drug-likeness (QED) is 0.853. The van der Waals surface area contributed by atoms with Crippen molar-refractivity contribution in [2.24, 2.45) is 0 Å². The number of hydrogen-bond donors (Lipinski definition) is 0. The van der Waals surface area contributed by atoms with Crippen molar-refractivity contribution in [3.63, 3.8) is 0 Å². The molecule has 4 rings (SSSR count). The van der Waals surface area contributed by atoms with Gasteiger partial charge in [0.1, 0.15) is 5.82 Å². The van der Waals surface area contributed by atoms with E-state index in [4.69, 9.17) is 4.52 Å². The van der Waals surface area contributed by atoms with Gasteiger partial charge in [0.25, 0.3) is 5.91 Å². The van der Waals surface area contributed by atoms with Crippen molar-refractivity contribution in [1.82, 2.24) is 20.0 Å². The molecule has 0 radical (unpaired) electrons. The minimum absolute atomic E-state index is 0.0485. The highest BCUT2D eigenvalue weighted by Crippen LogP contribution is 2.29. The number of nitrogens with zero attached hydrogens (tertiary/aromatic N) is 5. The van der Waals surface area contributed by atoms with Crippen LogP contribution in [-0.2, 0) is 0 Å². The van der Waals surface area contributed by atoms with E-state index in [-0.39, 0.29) is 11.8 Å². The van der Waals surface area contributed by atoms with Crippen LogP contribution >= 0.6 is 0 Å². The molecule has 2 aromatic heterocycles. The molecular weight excluding hydrogens is 318 g/mol. The number of carbonyl (C=O) groups is 1. The fraction of sp³-hybridized carbons (Fsp3) is 0.556. The number of rotatable bonds is 3. The second-order valence-corrected chi connectivity index (χ2v) is 6.84. The first-order chi connectivity index (χ1) is 12.2. The van der Waals surface area contributed by atoms with Gasteiger partial charge in [-0.15, -0.1) is 0 Å². The molecule has 4 heterocycles. The molecule has 0 unspecified atom stereocenters.